The van der Waals surface area contributed by atoms with Crippen LogP contribution in [-0.2, 0) is 10.0 Å². The van der Waals surface area contributed by atoms with Crippen LogP contribution >= 0.6 is 23.2 Å². The molecule has 0 spiro atoms. The predicted octanol–water partition coefficient (Wildman–Crippen LogP) is 3.00. The summed E-state index contributed by atoms with van der Waals surface area (Å²) in [5.41, 5.74) is 0.0454. The standard InChI is InChI=1S/C15H11Cl2N3O4S/c1-20(10-5-3-2-4-6-10)25(22,23)13-8-7-12(24-13)15(21)19-11(9-18)14(16)17/h2-8H,1H3,(H,19,21). The van der Waals surface area contributed by atoms with Gasteiger partial charge in [0.25, 0.3) is 15.9 Å². The molecule has 130 valence electrons. The molecule has 0 bridgehead atoms. The van der Waals surface area contributed by atoms with Crippen LogP contribution in [0.5, 0.6) is 0 Å². The maximum atomic E-state index is 12.6. The second kappa shape index (κ2) is 7.61. The third-order valence-corrected chi connectivity index (χ3v) is 5.12. The van der Waals surface area contributed by atoms with Gasteiger partial charge in [-0.2, -0.15) is 13.7 Å². The van der Waals surface area contributed by atoms with E-state index in [1.54, 1.807) is 36.4 Å². The molecule has 1 aromatic carbocycles. The van der Waals surface area contributed by atoms with E-state index in [2.05, 4.69) is 5.32 Å². The van der Waals surface area contributed by atoms with Gasteiger partial charge in [0, 0.05) is 7.05 Å². The maximum Gasteiger partial charge on any atom is 0.297 e. The van der Waals surface area contributed by atoms with Crippen molar-refractivity contribution < 1.29 is 17.6 Å². The molecule has 1 N–H and O–H groups in total. The van der Waals surface area contributed by atoms with E-state index in [0.29, 0.717) is 5.69 Å². The number of carbonyl (C=O) groups excluding carboxylic acids is 1. The molecule has 7 nitrogen and oxygen atoms in total. The largest absolute Gasteiger partial charge is 0.438 e. The van der Waals surface area contributed by atoms with Crippen molar-refractivity contribution in [3.05, 3.63) is 58.4 Å². The number of benzene rings is 1. The van der Waals surface area contributed by atoms with Crippen molar-refractivity contribution in [2.24, 2.45) is 0 Å². The minimum Gasteiger partial charge on any atom is -0.438 e. The highest BCUT2D eigenvalue weighted by Gasteiger charge is 2.26. The molecule has 0 aliphatic heterocycles. The highest BCUT2D eigenvalue weighted by Crippen LogP contribution is 2.23. The van der Waals surface area contributed by atoms with E-state index < -0.39 is 25.5 Å². The van der Waals surface area contributed by atoms with Crippen molar-refractivity contribution in [2.75, 3.05) is 11.4 Å². The first kappa shape index (κ1) is 18.9. The summed E-state index contributed by atoms with van der Waals surface area (Å²) < 4.78 is 30.8. The first-order chi connectivity index (χ1) is 11.8. The summed E-state index contributed by atoms with van der Waals surface area (Å²) in [5.74, 6) is -1.18. The summed E-state index contributed by atoms with van der Waals surface area (Å²) in [4.78, 5) is 12.0. The summed E-state index contributed by atoms with van der Waals surface area (Å²) in [6.45, 7) is 0. The quantitative estimate of drug-likeness (QED) is 0.778. The van der Waals surface area contributed by atoms with Crippen molar-refractivity contribution in [1.29, 1.82) is 5.26 Å². The van der Waals surface area contributed by atoms with E-state index in [1.165, 1.54) is 7.05 Å². The van der Waals surface area contributed by atoms with Gasteiger partial charge in [0.2, 0.25) is 5.09 Å². The van der Waals surface area contributed by atoms with Gasteiger partial charge in [0.05, 0.1) is 5.69 Å². The molecule has 1 heterocycles. The SMILES string of the molecule is CN(c1ccccc1)S(=O)(=O)c1ccc(C(=O)NC(C#N)=C(Cl)Cl)o1. The van der Waals surface area contributed by atoms with Crippen molar-refractivity contribution >= 4 is 44.8 Å². The highest BCUT2D eigenvalue weighted by molar-refractivity contribution is 7.92. The molecule has 0 saturated carbocycles. The van der Waals surface area contributed by atoms with Crippen LogP contribution in [0.15, 0.2) is 62.2 Å². The number of rotatable bonds is 5. The van der Waals surface area contributed by atoms with Crippen molar-refractivity contribution in [2.45, 2.75) is 5.09 Å². The summed E-state index contributed by atoms with van der Waals surface area (Å²) >= 11 is 10.9. The van der Waals surface area contributed by atoms with Gasteiger partial charge in [-0.1, -0.05) is 41.4 Å². The van der Waals surface area contributed by atoms with Gasteiger partial charge in [-0.3, -0.25) is 9.10 Å². The Morgan fingerprint density at radius 3 is 2.40 bits per heavy atom. The highest BCUT2D eigenvalue weighted by atomic mass is 35.5. The molecule has 0 aliphatic carbocycles. The molecular formula is C15H11Cl2N3O4S. The fourth-order valence-electron chi connectivity index (χ4n) is 1.79. The summed E-state index contributed by atoms with van der Waals surface area (Å²) in [6.07, 6.45) is 0. The molecule has 2 aromatic rings. The molecule has 0 fully saturated rings. The number of furan rings is 1. The fraction of sp³-hybridized carbons (Fsp3) is 0.0667. The molecule has 0 atom stereocenters. The third-order valence-electron chi connectivity index (χ3n) is 3.08. The first-order valence-electron chi connectivity index (χ1n) is 6.68. The lowest BCUT2D eigenvalue weighted by Gasteiger charge is -2.17. The van der Waals surface area contributed by atoms with Crippen LogP contribution in [0, 0.1) is 11.3 Å². The second-order valence-electron chi connectivity index (χ2n) is 4.63. The maximum absolute atomic E-state index is 12.6. The van der Waals surface area contributed by atoms with Crippen molar-refractivity contribution in [3.8, 4) is 6.07 Å². The Kier molecular flexibility index (Phi) is 5.74. The van der Waals surface area contributed by atoms with Crippen LogP contribution in [0.4, 0.5) is 5.69 Å². The monoisotopic (exact) mass is 399 g/mol. The number of halogens is 2. The van der Waals surface area contributed by atoms with Gasteiger partial charge in [0.1, 0.15) is 10.6 Å². The van der Waals surface area contributed by atoms with Crippen LogP contribution in [0.3, 0.4) is 0 Å². The Bertz CT molecular complexity index is 958. The molecule has 0 aliphatic rings. The minimum atomic E-state index is -4.00. The van der Waals surface area contributed by atoms with E-state index in [9.17, 15) is 13.2 Å². The zero-order chi connectivity index (χ0) is 18.6. The number of nitriles is 1. The number of hydrogen-bond donors (Lipinski definition) is 1. The zero-order valence-electron chi connectivity index (χ0n) is 12.7. The molecule has 25 heavy (non-hydrogen) atoms. The number of nitrogens with zero attached hydrogens (tertiary/aromatic N) is 2. The van der Waals surface area contributed by atoms with Crippen molar-refractivity contribution in [3.63, 3.8) is 0 Å². The van der Waals surface area contributed by atoms with Gasteiger partial charge >= 0.3 is 0 Å². The van der Waals surface area contributed by atoms with Crippen LogP contribution in [-0.4, -0.2) is 21.4 Å². The smallest absolute Gasteiger partial charge is 0.297 e. The lowest BCUT2D eigenvalue weighted by atomic mass is 10.3. The van der Waals surface area contributed by atoms with Crippen LogP contribution in [0.2, 0.25) is 0 Å². The predicted molar refractivity (Wildman–Crippen MR) is 92.6 cm³/mol. The van der Waals surface area contributed by atoms with Gasteiger partial charge in [-0.25, -0.2) is 0 Å². The molecule has 1 aromatic heterocycles. The van der Waals surface area contributed by atoms with Gasteiger partial charge in [0.15, 0.2) is 11.5 Å². The van der Waals surface area contributed by atoms with Gasteiger partial charge in [-0.15, -0.1) is 0 Å². The molecular weight excluding hydrogens is 389 g/mol. The van der Waals surface area contributed by atoms with Gasteiger partial charge in [-0.05, 0) is 24.3 Å². The average Bonchev–Trinajstić information content (AvgIpc) is 3.10. The Hall–Kier alpha value is -2.47. The fourth-order valence-corrected chi connectivity index (χ4v) is 3.07. The molecule has 0 radical (unpaired) electrons. The number of allylic oxidation sites excluding steroid dienone is 1. The van der Waals surface area contributed by atoms with E-state index in [4.69, 9.17) is 32.9 Å². The lowest BCUT2D eigenvalue weighted by molar-refractivity contribution is 0.0935. The van der Waals surface area contributed by atoms with Crippen LogP contribution in [0.1, 0.15) is 10.6 Å². The number of nitrogens with one attached hydrogen (secondary N) is 1. The molecule has 0 saturated heterocycles. The number of sulfonamides is 1. The van der Waals surface area contributed by atoms with Crippen LogP contribution < -0.4 is 9.62 Å². The lowest BCUT2D eigenvalue weighted by Crippen LogP contribution is -2.26. The molecule has 0 unspecified atom stereocenters. The summed E-state index contributed by atoms with van der Waals surface area (Å²) in [5, 5.41) is 10.5. The number of amides is 1. The normalized spacial score (nSPS) is 10.6. The number of carbonyl (C=O) groups is 1. The second-order valence-corrected chi connectivity index (χ2v) is 7.48. The Labute approximate surface area is 154 Å². The summed E-state index contributed by atoms with van der Waals surface area (Å²) in [7, 11) is -2.64. The average molecular weight is 400 g/mol. The Morgan fingerprint density at radius 1 is 1.20 bits per heavy atom. The van der Waals surface area contributed by atoms with E-state index in [-0.39, 0.29) is 11.5 Å². The van der Waals surface area contributed by atoms with Crippen LogP contribution in [0.25, 0.3) is 0 Å². The van der Waals surface area contributed by atoms with E-state index >= 15 is 0 Å². The van der Waals surface area contributed by atoms with Gasteiger partial charge < -0.3 is 9.73 Å². The number of hydrogen-bond acceptors (Lipinski definition) is 5. The van der Waals surface area contributed by atoms with E-state index in [0.717, 1.165) is 16.4 Å². The molecule has 2 rings (SSSR count). The first-order valence-corrected chi connectivity index (χ1v) is 8.87. The number of anilines is 1. The van der Waals surface area contributed by atoms with Crippen molar-refractivity contribution in [1.82, 2.24) is 5.32 Å². The van der Waals surface area contributed by atoms with E-state index in [1.807, 2.05) is 0 Å². The molecule has 10 heteroatoms. The molecule has 1 amide bonds. The Balaban J connectivity index is 2.27. The summed E-state index contributed by atoms with van der Waals surface area (Å²) in [6, 6.07) is 12.3. The number of para-hydroxylation sites is 1. The zero-order valence-corrected chi connectivity index (χ0v) is 15.1. The third kappa shape index (κ3) is 4.14. The minimum absolute atomic E-state index is 0.317. The Morgan fingerprint density at radius 2 is 1.84 bits per heavy atom. The topological polar surface area (TPSA) is 103 Å².